The van der Waals surface area contributed by atoms with Gasteiger partial charge in [-0.1, -0.05) is 19.3 Å². The Morgan fingerprint density at radius 2 is 2.00 bits per heavy atom. The molecule has 1 saturated carbocycles. The highest BCUT2D eigenvalue weighted by atomic mass is 35.5. The second kappa shape index (κ2) is 4.84. The second-order valence-corrected chi connectivity index (χ2v) is 5.67. The first-order valence-corrected chi connectivity index (χ1v) is 6.54. The van der Waals surface area contributed by atoms with Crippen LogP contribution < -0.4 is 5.32 Å². The van der Waals surface area contributed by atoms with Crippen LogP contribution in [0.4, 0.5) is 0 Å². The average Bonchev–Trinajstić information content (AvgIpc) is 2.89. The van der Waals surface area contributed by atoms with Crippen molar-refractivity contribution in [3.05, 3.63) is 0 Å². The molecule has 1 saturated heterocycles. The van der Waals surface area contributed by atoms with Gasteiger partial charge in [0.25, 0.3) is 0 Å². The Kier molecular flexibility index (Phi) is 3.68. The molecule has 15 heavy (non-hydrogen) atoms. The number of halogens is 1. The first kappa shape index (κ1) is 11.4. The minimum Gasteiger partial charge on any atom is -0.314 e. The summed E-state index contributed by atoms with van der Waals surface area (Å²) in [4.78, 5) is 11.4. The van der Waals surface area contributed by atoms with E-state index >= 15 is 0 Å². The molecular formula is C12H20ClNO. The minimum absolute atomic E-state index is 0.266. The molecule has 2 nitrogen and oxygen atoms in total. The second-order valence-electron chi connectivity index (χ2n) is 4.95. The number of alkyl halides is 1. The van der Waals surface area contributed by atoms with Crippen molar-refractivity contribution in [2.75, 3.05) is 6.54 Å². The Morgan fingerprint density at radius 1 is 1.27 bits per heavy atom. The van der Waals surface area contributed by atoms with Crippen molar-refractivity contribution in [1.82, 2.24) is 5.32 Å². The summed E-state index contributed by atoms with van der Waals surface area (Å²) in [5.41, 5.74) is 0. The van der Waals surface area contributed by atoms with Gasteiger partial charge < -0.3 is 5.32 Å². The third-order valence-electron chi connectivity index (χ3n) is 3.53. The number of nitrogens with one attached hydrogen (secondary N) is 1. The van der Waals surface area contributed by atoms with E-state index in [1.165, 1.54) is 25.7 Å². The zero-order valence-corrected chi connectivity index (χ0v) is 9.98. The van der Waals surface area contributed by atoms with Crippen LogP contribution in [0.2, 0.25) is 0 Å². The Bertz CT molecular complexity index is 230. The summed E-state index contributed by atoms with van der Waals surface area (Å²) in [5.74, 6) is 0.266. The Balaban J connectivity index is 1.78. The van der Waals surface area contributed by atoms with Crippen LogP contribution in [0.1, 0.15) is 51.4 Å². The Labute approximate surface area is 96.8 Å². The van der Waals surface area contributed by atoms with Crippen LogP contribution in [0.25, 0.3) is 0 Å². The van der Waals surface area contributed by atoms with Crippen LogP contribution in [-0.4, -0.2) is 23.2 Å². The molecule has 0 bridgehead atoms. The van der Waals surface area contributed by atoms with Crippen molar-refractivity contribution in [2.45, 2.75) is 62.3 Å². The first-order valence-electron chi connectivity index (χ1n) is 6.16. The van der Waals surface area contributed by atoms with Crippen LogP contribution in [0.15, 0.2) is 0 Å². The van der Waals surface area contributed by atoms with Gasteiger partial charge in [-0.05, 0) is 32.2 Å². The molecular weight excluding hydrogens is 210 g/mol. The molecule has 2 rings (SSSR count). The maximum Gasteiger partial charge on any atom is 0.155 e. The number of ketones is 1. The van der Waals surface area contributed by atoms with Crippen LogP contribution >= 0.6 is 11.6 Å². The summed E-state index contributed by atoms with van der Waals surface area (Å²) in [5, 5.41) is 3.47. The predicted octanol–water partition coefficient (Wildman–Crippen LogP) is 2.64. The molecule has 1 N–H and O–H groups in total. The maximum absolute atomic E-state index is 11.8. The Hall–Kier alpha value is -0.0800. The molecule has 0 aromatic heterocycles. The van der Waals surface area contributed by atoms with E-state index in [2.05, 4.69) is 5.32 Å². The third kappa shape index (κ3) is 3.18. The number of hydrogen-bond acceptors (Lipinski definition) is 2. The molecule has 0 radical (unpaired) electrons. The topological polar surface area (TPSA) is 29.1 Å². The van der Waals surface area contributed by atoms with Crippen molar-refractivity contribution in [3.63, 3.8) is 0 Å². The van der Waals surface area contributed by atoms with Crippen molar-refractivity contribution < 1.29 is 4.79 Å². The molecule has 1 unspecified atom stereocenters. The van der Waals surface area contributed by atoms with E-state index in [4.69, 9.17) is 11.6 Å². The number of rotatable bonds is 3. The number of carbonyl (C=O) groups excluding carboxylic acids is 1. The van der Waals surface area contributed by atoms with Gasteiger partial charge in [-0.15, -0.1) is 11.6 Å². The van der Waals surface area contributed by atoms with Gasteiger partial charge in [0.15, 0.2) is 5.78 Å². The lowest BCUT2D eigenvalue weighted by Gasteiger charge is -2.21. The molecule has 0 aromatic rings. The minimum atomic E-state index is -0.454. The van der Waals surface area contributed by atoms with Crippen LogP contribution in [-0.2, 0) is 4.79 Å². The fourth-order valence-electron chi connectivity index (χ4n) is 2.25. The summed E-state index contributed by atoms with van der Waals surface area (Å²) < 4.78 is 0. The summed E-state index contributed by atoms with van der Waals surface area (Å²) in [6.45, 7) is 1.06. The van der Waals surface area contributed by atoms with E-state index in [0.717, 1.165) is 25.8 Å². The molecule has 2 aliphatic rings. The van der Waals surface area contributed by atoms with Gasteiger partial charge >= 0.3 is 0 Å². The fraction of sp³-hybridized carbons (Fsp3) is 0.917. The van der Waals surface area contributed by atoms with E-state index in [9.17, 15) is 4.79 Å². The molecule has 0 amide bonds. The lowest BCUT2D eigenvalue weighted by atomic mass is 9.98. The molecule has 0 spiro atoms. The summed E-state index contributed by atoms with van der Waals surface area (Å²) in [6.07, 6.45) is 8.70. The Morgan fingerprint density at radius 3 is 2.73 bits per heavy atom. The third-order valence-corrected chi connectivity index (χ3v) is 4.12. The monoisotopic (exact) mass is 229 g/mol. The molecule has 3 heteroatoms. The molecule has 0 aromatic carbocycles. The highest BCUT2D eigenvalue weighted by molar-refractivity contribution is 6.37. The number of Topliss-reactive ketones (excluding diaryl/α,β-unsaturated/α-hetero) is 1. The fourth-order valence-corrected chi connectivity index (χ4v) is 2.42. The van der Waals surface area contributed by atoms with Gasteiger partial charge in [-0.3, -0.25) is 4.79 Å². The zero-order chi connectivity index (χ0) is 10.7. The van der Waals surface area contributed by atoms with E-state index < -0.39 is 4.87 Å². The van der Waals surface area contributed by atoms with E-state index in [1.54, 1.807) is 0 Å². The van der Waals surface area contributed by atoms with Crippen molar-refractivity contribution in [3.8, 4) is 0 Å². The molecule has 1 heterocycles. The SMILES string of the molecule is O=C(CC1CCCCCCN1)C1(Cl)CC1. The van der Waals surface area contributed by atoms with Crippen LogP contribution in [0.5, 0.6) is 0 Å². The first-order chi connectivity index (χ1) is 7.21. The number of hydrogen-bond donors (Lipinski definition) is 1. The highest BCUT2D eigenvalue weighted by Crippen LogP contribution is 2.44. The average molecular weight is 230 g/mol. The quantitative estimate of drug-likeness (QED) is 0.754. The summed E-state index contributed by atoms with van der Waals surface area (Å²) >= 11 is 6.11. The molecule has 2 fully saturated rings. The maximum atomic E-state index is 11.8. The lowest BCUT2D eigenvalue weighted by Crippen LogP contribution is -2.35. The largest absolute Gasteiger partial charge is 0.314 e. The zero-order valence-electron chi connectivity index (χ0n) is 9.23. The van der Waals surface area contributed by atoms with E-state index in [1.807, 2.05) is 0 Å². The van der Waals surface area contributed by atoms with Crippen LogP contribution in [0.3, 0.4) is 0 Å². The van der Waals surface area contributed by atoms with Gasteiger partial charge in [-0.2, -0.15) is 0 Å². The van der Waals surface area contributed by atoms with E-state index in [-0.39, 0.29) is 5.78 Å². The van der Waals surface area contributed by atoms with E-state index in [0.29, 0.717) is 12.5 Å². The smallest absolute Gasteiger partial charge is 0.155 e. The molecule has 1 aliphatic heterocycles. The van der Waals surface area contributed by atoms with Gasteiger partial charge in [-0.25, -0.2) is 0 Å². The van der Waals surface area contributed by atoms with Gasteiger partial charge in [0.1, 0.15) is 4.87 Å². The predicted molar refractivity (Wildman–Crippen MR) is 62.3 cm³/mol. The van der Waals surface area contributed by atoms with Gasteiger partial charge in [0.05, 0.1) is 0 Å². The van der Waals surface area contributed by atoms with Crippen molar-refractivity contribution in [1.29, 1.82) is 0 Å². The lowest BCUT2D eigenvalue weighted by molar-refractivity contribution is -0.119. The number of carbonyl (C=O) groups is 1. The molecule has 1 atom stereocenters. The van der Waals surface area contributed by atoms with Crippen LogP contribution in [0, 0.1) is 0 Å². The van der Waals surface area contributed by atoms with Crippen molar-refractivity contribution >= 4 is 17.4 Å². The summed E-state index contributed by atoms with van der Waals surface area (Å²) in [7, 11) is 0. The molecule has 1 aliphatic carbocycles. The van der Waals surface area contributed by atoms with Gasteiger partial charge in [0.2, 0.25) is 0 Å². The standard InChI is InChI=1S/C12H20ClNO/c13-12(6-7-12)11(15)9-10-5-3-1-2-4-8-14-10/h10,14H,1-9H2. The highest BCUT2D eigenvalue weighted by Gasteiger charge is 2.47. The van der Waals surface area contributed by atoms with Gasteiger partial charge in [0, 0.05) is 12.5 Å². The van der Waals surface area contributed by atoms with Crippen molar-refractivity contribution in [2.24, 2.45) is 0 Å². The normalized spacial score (nSPS) is 30.3. The summed E-state index contributed by atoms with van der Waals surface area (Å²) in [6, 6.07) is 0.383. The molecule has 86 valence electrons.